The average molecular weight is 449 g/mol. The Morgan fingerprint density at radius 2 is 1.84 bits per heavy atom. The standard InChI is InChI=1S/C22H25FN2O5S/c1-15(16-4-9-20-21(13-16)30-12-11-29-20)24-22(26)17-3-2-10-25(14-17)31(27,28)19-7-5-18(23)6-8-19/h4-9,13,15,17H,2-3,10-12,14H2,1H3,(H,24,26)/t15-,17-/m0/s1. The second-order valence-corrected chi connectivity index (χ2v) is 9.73. The smallest absolute Gasteiger partial charge is 0.243 e. The van der Waals surface area contributed by atoms with Gasteiger partial charge in [0.1, 0.15) is 19.0 Å². The van der Waals surface area contributed by atoms with Gasteiger partial charge in [0.05, 0.1) is 16.9 Å². The van der Waals surface area contributed by atoms with E-state index >= 15 is 0 Å². The van der Waals surface area contributed by atoms with Crippen LogP contribution >= 0.6 is 0 Å². The molecule has 2 aliphatic rings. The molecule has 0 saturated carbocycles. The van der Waals surface area contributed by atoms with E-state index in [0.29, 0.717) is 44.1 Å². The Bertz CT molecular complexity index is 1060. The van der Waals surface area contributed by atoms with E-state index in [1.165, 1.54) is 16.4 Å². The predicted octanol–water partition coefficient (Wildman–Crippen LogP) is 2.88. The maximum Gasteiger partial charge on any atom is 0.243 e. The number of benzene rings is 2. The molecule has 166 valence electrons. The van der Waals surface area contributed by atoms with E-state index in [-0.39, 0.29) is 23.4 Å². The van der Waals surface area contributed by atoms with Crippen molar-refractivity contribution in [3.05, 3.63) is 53.8 Å². The van der Waals surface area contributed by atoms with E-state index < -0.39 is 21.8 Å². The second-order valence-electron chi connectivity index (χ2n) is 7.79. The van der Waals surface area contributed by atoms with Crippen molar-refractivity contribution >= 4 is 15.9 Å². The van der Waals surface area contributed by atoms with Gasteiger partial charge in [0.25, 0.3) is 0 Å². The first-order valence-corrected chi connectivity index (χ1v) is 11.7. The molecule has 0 aliphatic carbocycles. The third-order valence-electron chi connectivity index (χ3n) is 5.63. The monoisotopic (exact) mass is 448 g/mol. The molecular formula is C22H25FN2O5S. The van der Waals surface area contributed by atoms with Crippen LogP contribution in [0.5, 0.6) is 11.5 Å². The van der Waals surface area contributed by atoms with Gasteiger partial charge in [0, 0.05) is 13.1 Å². The molecule has 2 atom stereocenters. The van der Waals surface area contributed by atoms with Crippen LogP contribution in [0.4, 0.5) is 4.39 Å². The summed E-state index contributed by atoms with van der Waals surface area (Å²) in [5.74, 6) is 0.189. The zero-order valence-corrected chi connectivity index (χ0v) is 18.0. The largest absolute Gasteiger partial charge is 0.486 e. The molecule has 0 unspecified atom stereocenters. The number of rotatable bonds is 5. The SMILES string of the molecule is C[C@H](NC(=O)[C@H]1CCCN(S(=O)(=O)c2ccc(F)cc2)C1)c1ccc2c(c1)OCCO2. The number of hydrogen-bond acceptors (Lipinski definition) is 5. The lowest BCUT2D eigenvalue weighted by Crippen LogP contribution is -2.45. The molecule has 2 aliphatic heterocycles. The van der Waals surface area contributed by atoms with Crippen molar-refractivity contribution in [2.24, 2.45) is 5.92 Å². The third kappa shape index (κ3) is 4.67. The number of fused-ring (bicyclic) bond motifs is 1. The fraction of sp³-hybridized carbons (Fsp3) is 0.409. The van der Waals surface area contributed by atoms with E-state index in [1.54, 1.807) is 0 Å². The Labute approximate surface area is 181 Å². The molecule has 9 heteroatoms. The molecule has 2 heterocycles. The number of nitrogens with zero attached hydrogens (tertiary/aromatic N) is 1. The second kappa shape index (κ2) is 8.84. The topological polar surface area (TPSA) is 84.9 Å². The van der Waals surface area contributed by atoms with Gasteiger partial charge in [-0.2, -0.15) is 4.31 Å². The number of sulfonamides is 1. The predicted molar refractivity (Wildman–Crippen MR) is 112 cm³/mol. The first-order chi connectivity index (χ1) is 14.8. The molecule has 31 heavy (non-hydrogen) atoms. The number of nitrogens with one attached hydrogen (secondary N) is 1. The molecule has 2 aromatic rings. The molecule has 2 aromatic carbocycles. The quantitative estimate of drug-likeness (QED) is 0.760. The number of carbonyl (C=O) groups excluding carboxylic acids is 1. The normalized spacial score (nSPS) is 20.1. The molecular weight excluding hydrogens is 423 g/mol. The lowest BCUT2D eigenvalue weighted by atomic mass is 9.97. The number of ether oxygens (including phenoxy) is 2. The molecule has 0 aromatic heterocycles. The van der Waals surface area contributed by atoms with Crippen LogP contribution < -0.4 is 14.8 Å². The number of hydrogen-bond donors (Lipinski definition) is 1. The highest BCUT2D eigenvalue weighted by atomic mass is 32.2. The summed E-state index contributed by atoms with van der Waals surface area (Å²) in [5, 5.41) is 2.99. The van der Waals surface area contributed by atoms with Crippen molar-refractivity contribution in [1.82, 2.24) is 9.62 Å². The molecule has 1 saturated heterocycles. The summed E-state index contributed by atoms with van der Waals surface area (Å²) < 4.78 is 51.4. The van der Waals surface area contributed by atoms with E-state index in [2.05, 4.69) is 5.32 Å². The van der Waals surface area contributed by atoms with Crippen molar-refractivity contribution in [1.29, 1.82) is 0 Å². The maximum absolute atomic E-state index is 13.2. The van der Waals surface area contributed by atoms with Crippen LogP contribution in [0.3, 0.4) is 0 Å². The van der Waals surface area contributed by atoms with Gasteiger partial charge in [-0.05, 0) is 61.7 Å². The molecule has 0 radical (unpaired) electrons. The van der Waals surface area contributed by atoms with Gasteiger partial charge in [0.15, 0.2) is 11.5 Å². The highest BCUT2D eigenvalue weighted by Gasteiger charge is 2.33. The summed E-state index contributed by atoms with van der Waals surface area (Å²) in [6, 6.07) is 10.0. The van der Waals surface area contributed by atoms with Gasteiger partial charge in [-0.25, -0.2) is 12.8 Å². The minimum absolute atomic E-state index is 0.0274. The van der Waals surface area contributed by atoms with Gasteiger partial charge >= 0.3 is 0 Å². The van der Waals surface area contributed by atoms with E-state index in [9.17, 15) is 17.6 Å². The Kier molecular flexibility index (Phi) is 6.15. The van der Waals surface area contributed by atoms with Crippen LogP contribution in [0.1, 0.15) is 31.4 Å². The third-order valence-corrected chi connectivity index (χ3v) is 7.51. The Hall–Kier alpha value is -2.65. The summed E-state index contributed by atoms with van der Waals surface area (Å²) in [6.45, 7) is 3.30. The minimum atomic E-state index is -3.78. The summed E-state index contributed by atoms with van der Waals surface area (Å²) >= 11 is 0. The maximum atomic E-state index is 13.2. The Morgan fingerprint density at radius 1 is 1.13 bits per heavy atom. The van der Waals surface area contributed by atoms with Crippen LogP contribution in [0.15, 0.2) is 47.4 Å². The van der Waals surface area contributed by atoms with Crippen molar-refractivity contribution < 1.29 is 27.1 Å². The Balaban J connectivity index is 1.42. The number of halogens is 1. The van der Waals surface area contributed by atoms with Gasteiger partial charge in [-0.15, -0.1) is 0 Å². The zero-order valence-electron chi connectivity index (χ0n) is 17.2. The van der Waals surface area contributed by atoms with Crippen LogP contribution in [-0.2, 0) is 14.8 Å². The average Bonchev–Trinajstić information content (AvgIpc) is 2.79. The van der Waals surface area contributed by atoms with Crippen molar-refractivity contribution in [3.63, 3.8) is 0 Å². The lowest BCUT2D eigenvalue weighted by Gasteiger charge is -2.32. The fourth-order valence-corrected chi connectivity index (χ4v) is 5.40. The van der Waals surface area contributed by atoms with Crippen LogP contribution in [0, 0.1) is 11.7 Å². The highest BCUT2D eigenvalue weighted by Crippen LogP contribution is 2.33. The summed E-state index contributed by atoms with van der Waals surface area (Å²) in [5.41, 5.74) is 0.879. The summed E-state index contributed by atoms with van der Waals surface area (Å²) in [7, 11) is -3.78. The van der Waals surface area contributed by atoms with E-state index in [4.69, 9.17) is 9.47 Å². The fourth-order valence-electron chi connectivity index (χ4n) is 3.87. The van der Waals surface area contributed by atoms with Crippen molar-refractivity contribution in [3.8, 4) is 11.5 Å². The number of carbonyl (C=O) groups is 1. The molecule has 1 N–H and O–H groups in total. The zero-order chi connectivity index (χ0) is 22.0. The van der Waals surface area contributed by atoms with Gasteiger partial charge in [-0.1, -0.05) is 6.07 Å². The summed E-state index contributed by atoms with van der Waals surface area (Å²) in [6.07, 6.45) is 1.19. The summed E-state index contributed by atoms with van der Waals surface area (Å²) in [4.78, 5) is 12.9. The molecule has 1 fully saturated rings. The van der Waals surface area contributed by atoms with Crippen molar-refractivity contribution in [2.75, 3.05) is 26.3 Å². The molecule has 7 nitrogen and oxygen atoms in total. The molecule has 0 spiro atoms. The Morgan fingerprint density at radius 3 is 2.58 bits per heavy atom. The number of amides is 1. The molecule has 4 rings (SSSR count). The molecule has 0 bridgehead atoms. The van der Waals surface area contributed by atoms with E-state index in [0.717, 1.165) is 17.7 Å². The highest BCUT2D eigenvalue weighted by molar-refractivity contribution is 7.89. The number of piperidine rings is 1. The van der Waals surface area contributed by atoms with Gasteiger partial charge in [0.2, 0.25) is 15.9 Å². The van der Waals surface area contributed by atoms with Gasteiger partial charge < -0.3 is 14.8 Å². The van der Waals surface area contributed by atoms with Crippen LogP contribution in [0.25, 0.3) is 0 Å². The minimum Gasteiger partial charge on any atom is -0.486 e. The van der Waals surface area contributed by atoms with Crippen molar-refractivity contribution in [2.45, 2.75) is 30.7 Å². The first-order valence-electron chi connectivity index (χ1n) is 10.3. The van der Waals surface area contributed by atoms with Crippen LogP contribution in [0.2, 0.25) is 0 Å². The molecule has 1 amide bonds. The first kappa shape index (κ1) is 21.6. The van der Waals surface area contributed by atoms with Gasteiger partial charge in [-0.3, -0.25) is 4.79 Å². The van der Waals surface area contributed by atoms with E-state index in [1.807, 2.05) is 25.1 Å². The van der Waals surface area contributed by atoms with Crippen LogP contribution in [-0.4, -0.2) is 44.9 Å². The lowest BCUT2D eigenvalue weighted by molar-refractivity contribution is -0.126.